The Hall–Kier alpha value is -4.51. The first-order valence-electron chi connectivity index (χ1n) is 22.5. The van der Waals surface area contributed by atoms with Crippen molar-refractivity contribution in [3.63, 3.8) is 0 Å². The van der Waals surface area contributed by atoms with E-state index in [0.717, 1.165) is 55.6 Å². The van der Waals surface area contributed by atoms with Crippen molar-refractivity contribution < 1.29 is 48.3 Å². The number of nitrogens with one attached hydrogen (secondary N) is 1. The van der Waals surface area contributed by atoms with E-state index in [1.54, 1.807) is 6.92 Å². The van der Waals surface area contributed by atoms with Gasteiger partial charge in [0.2, 0.25) is 5.91 Å². The molecule has 1 aliphatic heterocycles. The second-order valence-electron chi connectivity index (χ2n) is 18.8. The summed E-state index contributed by atoms with van der Waals surface area (Å²) in [5, 5.41) is 35.7. The molecule has 5 aliphatic rings. The number of nitrogen functional groups attached to an aromatic ring is 1. The fourth-order valence-corrected chi connectivity index (χ4v) is 10.1. The van der Waals surface area contributed by atoms with Gasteiger partial charge in [-0.15, -0.1) is 0 Å². The number of aliphatic hydroxyl groups excluding tert-OH is 3. The first-order valence-corrected chi connectivity index (χ1v) is 22.5. The van der Waals surface area contributed by atoms with Gasteiger partial charge in [-0.25, -0.2) is 14.6 Å². The molecular formula is C47H66FN5O10. The summed E-state index contributed by atoms with van der Waals surface area (Å²) in [6.45, 7) is 11.2. The SMILES string of the molecule is C=C1/C(=C\C=C2/CCC[C@@]3(C)C2CCC3[C@@H](C)/C=C/C(O)C2CC2)C[C@@H](O)C[C@@H]1OC(=O)CCC/C(C)=N/NC(=O)CCC(=O)OCC1OC(n2ccc(N)nc2=O)C(C)(F)C1O. The quantitative estimate of drug-likeness (QED) is 0.0570. The number of aliphatic hydroxyl groups is 3. The molecule has 4 saturated carbocycles. The van der Waals surface area contributed by atoms with Crippen molar-refractivity contribution in [2.24, 2.45) is 34.2 Å². The van der Waals surface area contributed by atoms with E-state index in [2.05, 4.69) is 54.2 Å². The van der Waals surface area contributed by atoms with Gasteiger partial charge in [0, 0.05) is 31.2 Å². The molecule has 11 atom stereocenters. The third kappa shape index (κ3) is 11.8. The number of hydrogen-bond donors (Lipinski definition) is 5. The van der Waals surface area contributed by atoms with E-state index in [4.69, 9.17) is 19.9 Å². The van der Waals surface area contributed by atoms with E-state index in [1.165, 1.54) is 24.3 Å². The van der Waals surface area contributed by atoms with Gasteiger partial charge in [-0.2, -0.15) is 10.1 Å². The predicted molar refractivity (Wildman–Crippen MR) is 233 cm³/mol. The summed E-state index contributed by atoms with van der Waals surface area (Å²) in [6, 6.07) is 1.28. The first kappa shape index (κ1) is 48.0. The second kappa shape index (κ2) is 20.5. The molecule has 0 bridgehead atoms. The number of nitrogens with two attached hydrogens (primary N) is 1. The summed E-state index contributed by atoms with van der Waals surface area (Å²) in [5.74, 6) is 0.0396. The molecule has 346 valence electrons. The van der Waals surface area contributed by atoms with Crippen molar-refractivity contribution in [1.29, 1.82) is 0 Å². The maximum absolute atomic E-state index is 15.4. The molecule has 4 aliphatic carbocycles. The largest absolute Gasteiger partial charge is 0.463 e. The maximum Gasteiger partial charge on any atom is 0.351 e. The molecule has 6 N–H and O–H groups in total. The minimum Gasteiger partial charge on any atom is -0.463 e. The van der Waals surface area contributed by atoms with Gasteiger partial charge < -0.3 is 35.3 Å². The number of nitrogens with zero attached hydrogens (tertiary/aromatic N) is 3. The lowest BCUT2D eigenvalue weighted by molar-refractivity contribution is -0.151. The minimum atomic E-state index is -2.42. The number of carbonyl (C=O) groups is 3. The fraction of sp³-hybridized carbons (Fsp3) is 0.660. The second-order valence-corrected chi connectivity index (χ2v) is 18.8. The van der Waals surface area contributed by atoms with E-state index in [1.807, 2.05) is 6.08 Å². The van der Waals surface area contributed by atoms with Crippen LogP contribution < -0.4 is 16.8 Å². The Bertz CT molecular complexity index is 2040. The molecule has 5 fully saturated rings. The van der Waals surface area contributed by atoms with E-state index in [0.29, 0.717) is 54.2 Å². The zero-order valence-corrected chi connectivity index (χ0v) is 37.0. The number of esters is 2. The summed E-state index contributed by atoms with van der Waals surface area (Å²) < 4.78 is 32.7. The Labute approximate surface area is 368 Å². The van der Waals surface area contributed by atoms with Crippen molar-refractivity contribution in [1.82, 2.24) is 15.0 Å². The number of aromatic nitrogens is 2. The van der Waals surface area contributed by atoms with E-state index in [-0.39, 0.29) is 43.0 Å². The number of hydrogen-bond acceptors (Lipinski definition) is 13. The molecule has 63 heavy (non-hydrogen) atoms. The number of fused-ring (bicyclic) bond motifs is 1. The molecule has 1 aromatic heterocycles. The lowest BCUT2D eigenvalue weighted by Crippen LogP contribution is -2.43. The van der Waals surface area contributed by atoms with Crippen LogP contribution >= 0.6 is 0 Å². The van der Waals surface area contributed by atoms with Gasteiger partial charge in [0.05, 0.1) is 18.6 Å². The van der Waals surface area contributed by atoms with Gasteiger partial charge in [0.1, 0.15) is 30.7 Å². The summed E-state index contributed by atoms with van der Waals surface area (Å²) in [7, 11) is 0. The number of hydrazone groups is 1. The van der Waals surface area contributed by atoms with Gasteiger partial charge in [-0.1, -0.05) is 50.3 Å². The molecule has 1 saturated heterocycles. The number of anilines is 1. The standard InChI is InChI=1S/C47H66FN5O10/c1-27(11-18-36(55)31-13-14-31)34-16-17-35-30(9-7-22-46(34,35)4)12-15-32-24-33(54)25-37(29(32)3)62-42(58)10-6-8-28(2)51-52-40(56)19-20-41(57)61-26-38-43(59)47(5,48)44(63-38)53-23-21-39(49)50-45(53)60/h11-12,15,18,21,23,27,31,33-38,43-44,54-55,59H,3,6-10,13-14,16-17,19-20,22,24-26H2,1-2,4-5H3,(H,52,56)(H2,49,50,60)/b18-11+,30-12+,32-15-,51-28+/t27-,33+,34?,35?,36?,37-,38?,43?,44?,46+,47?/m0/s1. The number of halogens is 1. The number of ether oxygens (including phenoxy) is 3. The summed E-state index contributed by atoms with van der Waals surface area (Å²) in [4.78, 5) is 53.4. The molecule has 6 rings (SSSR count). The van der Waals surface area contributed by atoms with Crippen LogP contribution in [0.4, 0.5) is 10.2 Å². The Kier molecular flexibility index (Phi) is 15.6. The third-order valence-corrected chi connectivity index (χ3v) is 14.0. The van der Waals surface area contributed by atoms with E-state index >= 15 is 4.39 Å². The lowest BCUT2D eigenvalue weighted by atomic mass is 9.61. The Morgan fingerprint density at radius 2 is 1.89 bits per heavy atom. The highest BCUT2D eigenvalue weighted by Crippen LogP contribution is 2.59. The van der Waals surface area contributed by atoms with Crippen LogP contribution in [0.2, 0.25) is 0 Å². The maximum atomic E-state index is 15.4. The van der Waals surface area contributed by atoms with Crippen LogP contribution in [-0.4, -0.2) is 91.2 Å². The molecule has 2 heterocycles. The molecule has 0 spiro atoms. The normalized spacial score (nSPS) is 33.4. The van der Waals surface area contributed by atoms with Crippen molar-refractivity contribution in [2.75, 3.05) is 12.3 Å². The molecule has 0 radical (unpaired) electrons. The number of alkyl halides is 1. The highest BCUT2D eigenvalue weighted by atomic mass is 19.1. The van der Waals surface area contributed by atoms with Gasteiger partial charge >= 0.3 is 17.6 Å². The number of amides is 1. The van der Waals surface area contributed by atoms with Crippen molar-refractivity contribution in [3.8, 4) is 0 Å². The zero-order chi connectivity index (χ0) is 45.6. The van der Waals surface area contributed by atoms with Gasteiger partial charge in [-0.05, 0) is 124 Å². The van der Waals surface area contributed by atoms with Crippen LogP contribution in [-0.2, 0) is 28.6 Å². The average molecular weight is 880 g/mol. The van der Waals surface area contributed by atoms with Crippen molar-refractivity contribution >= 4 is 29.4 Å². The topological polar surface area (TPSA) is 225 Å². The first-order chi connectivity index (χ1) is 29.9. The Morgan fingerprint density at radius 1 is 1.13 bits per heavy atom. The average Bonchev–Trinajstić information content (AvgIpc) is 3.98. The highest BCUT2D eigenvalue weighted by molar-refractivity contribution is 5.86. The monoisotopic (exact) mass is 879 g/mol. The fourth-order valence-electron chi connectivity index (χ4n) is 10.1. The Balaban J connectivity index is 0.899. The highest BCUT2D eigenvalue weighted by Gasteiger charge is 2.56. The van der Waals surface area contributed by atoms with Crippen molar-refractivity contribution in [2.45, 2.75) is 160 Å². The summed E-state index contributed by atoms with van der Waals surface area (Å²) in [6.07, 6.45) is 12.5. The van der Waals surface area contributed by atoms with Gasteiger partial charge in [0.15, 0.2) is 11.9 Å². The molecule has 1 aromatic rings. The van der Waals surface area contributed by atoms with E-state index in [9.17, 15) is 34.5 Å². The number of rotatable bonds is 17. The van der Waals surface area contributed by atoms with Gasteiger partial charge in [-0.3, -0.25) is 19.0 Å². The molecule has 16 heteroatoms. The van der Waals surface area contributed by atoms with E-state index < -0.39 is 66.5 Å². The predicted octanol–water partition coefficient (Wildman–Crippen LogP) is 5.45. The van der Waals surface area contributed by atoms with Crippen LogP contribution in [0.5, 0.6) is 0 Å². The van der Waals surface area contributed by atoms with Crippen LogP contribution in [0.1, 0.15) is 124 Å². The lowest BCUT2D eigenvalue weighted by Gasteiger charge is -2.44. The smallest absolute Gasteiger partial charge is 0.351 e. The molecule has 0 aromatic carbocycles. The summed E-state index contributed by atoms with van der Waals surface area (Å²) >= 11 is 0. The Morgan fingerprint density at radius 3 is 2.62 bits per heavy atom. The molecular weight excluding hydrogens is 814 g/mol. The van der Waals surface area contributed by atoms with Gasteiger partial charge in [0.25, 0.3) is 0 Å². The van der Waals surface area contributed by atoms with Crippen LogP contribution in [0.25, 0.3) is 0 Å². The molecule has 7 unspecified atom stereocenters. The third-order valence-electron chi connectivity index (χ3n) is 14.0. The molecule has 15 nitrogen and oxygen atoms in total. The van der Waals surface area contributed by atoms with Crippen molar-refractivity contribution in [3.05, 3.63) is 70.3 Å². The zero-order valence-electron chi connectivity index (χ0n) is 37.0. The van der Waals surface area contributed by atoms with Crippen LogP contribution in [0.3, 0.4) is 0 Å². The summed E-state index contributed by atoms with van der Waals surface area (Å²) in [5.41, 5.74) is 8.36. The minimum absolute atomic E-state index is 0.0654. The van der Waals surface area contributed by atoms with Crippen LogP contribution in [0.15, 0.2) is 69.8 Å². The number of carbonyl (C=O) groups excluding carboxylic acids is 3. The number of allylic oxidation sites excluding steroid dienone is 4. The molecule has 1 amide bonds. The van der Waals surface area contributed by atoms with Crippen LogP contribution in [0, 0.1) is 29.1 Å².